The van der Waals surface area contributed by atoms with Crippen molar-refractivity contribution in [2.24, 2.45) is 0 Å². The number of hydrogen-bond acceptors (Lipinski definition) is 4. The number of benzene rings is 2. The van der Waals surface area contributed by atoms with Gasteiger partial charge in [-0.2, -0.15) is 5.10 Å². The van der Waals surface area contributed by atoms with Crippen LogP contribution in [0.4, 0.5) is 0 Å². The first kappa shape index (κ1) is 20.3. The Balaban J connectivity index is 1.62. The van der Waals surface area contributed by atoms with E-state index in [1.807, 2.05) is 53.2 Å². The number of methoxy groups -OCH3 is 1. The molecule has 160 valence electrons. The van der Waals surface area contributed by atoms with Crippen molar-refractivity contribution >= 4 is 17.6 Å². The number of fused-ring (bicyclic) bond motifs is 1. The number of pyridine rings is 1. The van der Waals surface area contributed by atoms with Crippen LogP contribution in [-0.2, 0) is 12.8 Å². The summed E-state index contributed by atoms with van der Waals surface area (Å²) in [6, 6.07) is 17.2. The van der Waals surface area contributed by atoms with Gasteiger partial charge in [0.05, 0.1) is 24.1 Å². The highest BCUT2D eigenvalue weighted by molar-refractivity contribution is 6.30. The molecule has 1 aliphatic carbocycles. The second kappa shape index (κ2) is 8.13. The van der Waals surface area contributed by atoms with Crippen LogP contribution >= 0.6 is 11.6 Å². The van der Waals surface area contributed by atoms with Crippen LogP contribution in [-0.4, -0.2) is 33.0 Å². The van der Waals surface area contributed by atoms with E-state index in [0.717, 1.165) is 45.9 Å². The number of carbonyl (C=O) groups is 1. The lowest BCUT2D eigenvalue weighted by atomic mass is 9.96. The summed E-state index contributed by atoms with van der Waals surface area (Å²) in [4.78, 5) is 15.5. The van der Waals surface area contributed by atoms with Gasteiger partial charge in [0.2, 0.25) is 0 Å². The number of carboxylic acid groups (broad SMARTS) is 1. The van der Waals surface area contributed by atoms with Crippen LogP contribution in [0.2, 0.25) is 5.02 Å². The van der Waals surface area contributed by atoms with Crippen LogP contribution in [0.25, 0.3) is 16.9 Å². The first-order chi connectivity index (χ1) is 15.5. The highest BCUT2D eigenvalue weighted by atomic mass is 35.5. The zero-order valence-electron chi connectivity index (χ0n) is 17.3. The number of ether oxygens (including phenoxy) is 1. The quantitative estimate of drug-likeness (QED) is 0.458. The van der Waals surface area contributed by atoms with Gasteiger partial charge < -0.3 is 9.84 Å². The van der Waals surface area contributed by atoms with E-state index in [1.54, 1.807) is 19.4 Å². The van der Waals surface area contributed by atoms with E-state index in [0.29, 0.717) is 11.4 Å². The summed E-state index contributed by atoms with van der Waals surface area (Å²) >= 11 is 6.14. The largest absolute Gasteiger partial charge is 0.494 e. The molecule has 2 aromatic carbocycles. The Kier molecular flexibility index (Phi) is 5.15. The number of carboxylic acids is 1. The Bertz CT molecular complexity index is 1310. The zero-order valence-corrected chi connectivity index (χ0v) is 18.1. The van der Waals surface area contributed by atoms with Crippen molar-refractivity contribution in [3.8, 4) is 22.7 Å². The number of nitrogens with zero attached hydrogens (tertiary/aromatic N) is 3. The van der Waals surface area contributed by atoms with Crippen molar-refractivity contribution in [3.05, 3.63) is 94.4 Å². The molecule has 0 saturated heterocycles. The minimum absolute atomic E-state index is 0.123. The van der Waals surface area contributed by atoms with Gasteiger partial charge in [-0.15, -0.1) is 0 Å². The third-order valence-corrected chi connectivity index (χ3v) is 6.12. The van der Waals surface area contributed by atoms with E-state index in [2.05, 4.69) is 4.98 Å². The van der Waals surface area contributed by atoms with Gasteiger partial charge in [-0.05, 0) is 54.7 Å². The summed E-state index contributed by atoms with van der Waals surface area (Å²) < 4.78 is 7.53. The van der Waals surface area contributed by atoms with Crippen LogP contribution in [0.15, 0.2) is 67.0 Å². The Morgan fingerprint density at radius 3 is 2.66 bits per heavy atom. The molecule has 4 aromatic rings. The smallest absolute Gasteiger partial charge is 0.337 e. The van der Waals surface area contributed by atoms with Gasteiger partial charge in [-0.3, -0.25) is 4.98 Å². The third-order valence-electron chi connectivity index (χ3n) is 5.87. The maximum atomic E-state index is 11.4. The first-order valence-electron chi connectivity index (χ1n) is 10.2. The molecule has 0 spiro atoms. The summed E-state index contributed by atoms with van der Waals surface area (Å²) in [7, 11) is 1.65. The fourth-order valence-electron chi connectivity index (χ4n) is 4.34. The molecule has 7 heteroatoms. The number of halogens is 1. The van der Waals surface area contributed by atoms with Gasteiger partial charge in [-0.1, -0.05) is 35.9 Å². The van der Waals surface area contributed by atoms with Gasteiger partial charge >= 0.3 is 5.97 Å². The van der Waals surface area contributed by atoms with E-state index in [1.165, 1.54) is 6.20 Å². The first-order valence-corrected chi connectivity index (χ1v) is 10.6. The standard InChI is InChI=1S/C25H20ClN3O3/c1-32-23-5-3-2-4-22(23)29-24(15-6-8-19(26)9-7-15)20-11-16(12-21(20)28-29)17-10-18(25(30)31)14-27-13-17/h2-10,13-14,16H,11-12H2,1H3,(H,30,31). The molecular weight excluding hydrogens is 426 g/mol. The van der Waals surface area contributed by atoms with Crippen molar-refractivity contribution < 1.29 is 14.6 Å². The molecule has 0 amide bonds. The molecule has 0 radical (unpaired) electrons. The number of aromatic nitrogens is 3. The van der Waals surface area contributed by atoms with Crippen LogP contribution in [0.3, 0.4) is 0 Å². The third kappa shape index (κ3) is 3.52. The Morgan fingerprint density at radius 1 is 1.12 bits per heavy atom. The molecule has 1 N–H and O–H groups in total. The summed E-state index contributed by atoms with van der Waals surface area (Å²) in [5.41, 5.74) is 6.10. The van der Waals surface area contributed by atoms with Gasteiger partial charge in [0.25, 0.3) is 0 Å². The van der Waals surface area contributed by atoms with E-state index in [9.17, 15) is 9.90 Å². The molecule has 1 unspecified atom stereocenters. The lowest BCUT2D eigenvalue weighted by molar-refractivity contribution is 0.0696. The van der Waals surface area contributed by atoms with E-state index in [-0.39, 0.29) is 11.5 Å². The number of para-hydroxylation sites is 2. The fraction of sp³-hybridized carbons (Fsp3) is 0.160. The summed E-state index contributed by atoms with van der Waals surface area (Å²) in [5, 5.41) is 15.0. The second-order valence-corrected chi connectivity index (χ2v) is 8.22. The molecule has 0 fully saturated rings. The zero-order chi connectivity index (χ0) is 22.2. The predicted molar refractivity (Wildman–Crippen MR) is 122 cm³/mol. The van der Waals surface area contributed by atoms with Crippen molar-refractivity contribution in [3.63, 3.8) is 0 Å². The van der Waals surface area contributed by atoms with Crippen LogP contribution in [0.5, 0.6) is 5.75 Å². The van der Waals surface area contributed by atoms with E-state index < -0.39 is 5.97 Å². The lowest BCUT2D eigenvalue weighted by Gasteiger charge is -2.15. The van der Waals surface area contributed by atoms with Gasteiger partial charge in [0.15, 0.2) is 0 Å². The minimum atomic E-state index is -0.974. The maximum Gasteiger partial charge on any atom is 0.337 e. The molecular formula is C25H20ClN3O3. The van der Waals surface area contributed by atoms with E-state index >= 15 is 0 Å². The van der Waals surface area contributed by atoms with Crippen molar-refractivity contribution in [1.82, 2.24) is 14.8 Å². The molecule has 0 bridgehead atoms. The van der Waals surface area contributed by atoms with Crippen LogP contribution in [0.1, 0.15) is 33.1 Å². The molecule has 6 nitrogen and oxygen atoms in total. The van der Waals surface area contributed by atoms with Crippen molar-refractivity contribution in [1.29, 1.82) is 0 Å². The summed E-state index contributed by atoms with van der Waals surface area (Å²) in [6.45, 7) is 0. The normalized spacial score (nSPS) is 14.9. The van der Waals surface area contributed by atoms with Crippen molar-refractivity contribution in [2.75, 3.05) is 7.11 Å². The molecule has 5 rings (SSSR count). The Labute approximate surface area is 190 Å². The minimum Gasteiger partial charge on any atom is -0.494 e. The van der Waals surface area contributed by atoms with Crippen LogP contribution < -0.4 is 4.74 Å². The molecule has 2 heterocycles. The monoisotopic (exact) mass is 445 g/mol. The molecule has 1 aliphatic rings. The SMILES string of the molecule is COc1ccccc1-n1nc2c(c1-c1ccc(Cl)cc1)CC(c1cncc(C(=O)O)c1)C2. The molecule has 1 atom stereocenters. The van der Waals surface area contributed by atoms with Gasteiger partial charge in [0, 0.05) is 28.5 Å². The average molecular weight is 446 g/mol. The Hall–Kier alpha value is -3.64. The van der Waals surface area contributed by atoms with E-state index in [4.69, 9.17) is 21.4 Å². The summed E-state index contributed by atoms with van der Waals surface area (Å²) in [5.74, 6) is -0.116. The van der Waals surface area contributed by atoms with Gasteiger partial charge in [0.1, 0.15) is 11.4 Å². The lowest BCUT2D eigenvalue weighted by Crippen LogP contribution is -2.07. The highest BCUT2D eigenvalue weighted by Crippen LogP contribution is 2.41. The maximum absolute atomic E-state index is 11.4. The van der Waals surface area contributed by atoms with Gasteiger partial charge in [-0.25, -0.2) is 9.48 Å². The number of aromatic carboxylic acids is 1. The average Bonchev–Trinajstić information content (AvgIpc) is 3.38. The molecule has 0 aliphatic heterocycles. The number of hydrogen-bond donors (Lipinski definition) is 1. The molecule has 2 aromatic heterocycles. The Morgan fingerprint density at radius 2 is 1.91 bits per heavy atom. The molecule has 32 heavy (non-hydrogen) atoms. The highest BCUT2D eigenvalue weighted by Gasteiger charge is 2.32. The number of rotatable bonds is 5. The van der Waals surface area contributed by atoms with Crippen LogP contribution in [0, 0.1) is 0 Å². The molecule has 0 saturated carbocycles. The summed E-state index contributed by atoms with van der Waals surface area (Å²) in [6.07, 6.45) is 4.58. The second-order valence-electron chi connectivity index (χ2n) is 7.78. The van der Waals surface area contributed by atoms with Crippen molar-refractivity contribution in [2.45, 2.75) is 18.8 Å². The topological polar surface area (TPSA) is 77.2 Å². The predicted octanol–water partition coefficient (Wildman–Crippen LogP) is 5.18. The fourth-order valence-corrected chi connectivity index (χ4v) is 4.47.